The molecule has 7 nitrogen and oxygen atoms in total. The van der Waals surface area contributed by atoms with Crippen LogP contribution in [0, 0.1) is 18.7 Å². The molecule has 8 heteroatoms. The van der Waals surface area contributed by atoms with Crippen molar-refractivity contribution in [1.82, 2.24) is 10.4 Å². The number of Topliss-reactive ketones (excluding diaryl/α,β-unsaturated/α-hetero) is 1. The van der Waals surface area contributed by atoms with Crippen molar-refractivity contribution in [2.75, 3.05) is 13.2 Å². The van der Waals surface area contributed by atoms with E-state index in [1.54, 1.807) is 31.2 Å². The molecule has 1 fully saturated rings. The van der Waals surface area contributed by atoms with Gasteiger partial charge in [0, 0.05) is 17.5 Å². The smallest absolute Gasteiger partial charge is 0.311 e. The Balaban J connectivity index is 1.53. The van der Waals surface area contributed by atoms with Crippen molar-refractivity contribution >= 4 is 23.6 Å². The van der Waals surface area contributed by atoms with Crippen LogP contribution in [0.2, 0.25) is 0 Å². The monoisotopic (exact) mass is 398 g/mol. The molecule has 1 aliphatic rings. The van der Waals surface area contributed by atoms with Gasteiger partial charge in [-0.2, -0.15) is 0 Å². The van der Waals surface area contributed by atoms with Crippen LogP contribution in [0.15, 0.2) is 48.5 Å². The van der Waals surface area contributed by atoms with E-state index >= 15 is 0 Å². The average molecular weight is 398 g/mol. The van der Waals surface area contributed by atoms with Crippen molar-refractivity contribution in [1.29, 1.82) is 0 Å². The van der Waals surface area contributed by atoms with E-state index in [1.807, 2.05) is 0 Å². The Morgan fingerprint density at radius 1 is 1.14 bits per heavy atom. The number of esters is 1. The number of aryl methyl sites for hydroxylation is 1. The van der Waals surface area contributed by atoms with Gasteiger partial charge in [-0.1, -0.05) is 18.2 Å². The normalized spacial score (nSPS) is 15.9. The van der Waals surface area contributed by atoms with Gasteiger partial charge in [0.25, 0.3) is 5.91 Å². The average Bonchev–Trinajstić information content (AvgIpc) is 3.07. The van der Waals surface area contributed by atoms with Crippen LogP contribution in [0.25, 0.3) is 0 Å². The highest BCUT2D eigenvalue weighted by molar-refractivity contribution is 5.99. The van der Waals surface area contributed by atoms with E-state index in [9.17, 15) is 23.6 Å². The summed E-state index contributed by atoms with van der Waals surface area (Å²) in [5.41, 5.74) is 3.90. The maximum absolute atomic E-state index is 12.9. The number of carbonyl (C=O) groups excluding carboxylic acids is 4. The first-order chi connectivity index (χ1) is 13.8. The van der Waals surface area contributed by atoms with Gasteiger partial charge in [-0.05, 0) is 42.8 Å². The van der Waals surface area contributed by atoms with Gasteiger partial charge in [0.1, 0.15) is 5.82 Å². The fourth-order valence-electron chi connectivity index (χ4n) is 2.96. The van der Waals surface area contributed by atoms with E-state index in [4.69, 9.17) is 4.74 Å². The van der Waals surface area contributed by atoms with Crippen LogP contribution >= 0.6 is 0 Å². The van der Waals surface area contributed by atoms with Gasteiger partial charge in [-0.25, -0.2) is 4.39 Å². The molecule has 0 radical (unpaired) electrons. The summed E-state index contributed by atoms with van der Waals surface area (Å²) in [4.78, 5) is 48.7. The maximum atomic E-state index is 12.9. The number of nitrogens with zero attached hydrogens (tertiary/aromatic N) is 1. The lowest BCUT2D eigenvalue weighted by atomic mass is 10.1. The predicted octanol–water partition coefficient (Wildman–Crippen LogP) is 2.05. The summed E-state index contributed by atoms with van der Waals surface area (Å²) in [6, 6.07) is 11.8. The molecule has 1 aliphatic heterocycles. The van der Waals surface area contributed by atoms with Gasteiger partial charge in [-0.3, -0.25) is 29.6 Å². The van der Waals surface area contributed by atoms with Gasteiger partial charge in [0.15, 0.2) is 12.4 Å². The largest absolute Gasteiger partial charge is 0.457 e. The summed E-state index contributed by atoms with van der Waals surface area (Å²) in [5, 5.41) is 1.09. The zero-order valence-corrected chi connectivity index (χ0v) is 15.7. The number of hydrogen-bond donors (Lipinski definition) is 1. The molecule has 2 aromatic carbocycles. The second kappa shape index (κ2) is 8.64. The standard InChI is InChI=1S/C21H19FN2O5/c1-13-4-2-3-5-17(13)20(27)23-24-11-15(10-19(24)26)21(28)29-12-18(25)14-6-8-16(22)9-7-14/h2-9,15H,10-12H2,1H3,(H,23,27)/t15-/m1/s1. The van der Waals surface area contributed by atoms with Crippen molar-refractivity contribution < 1.29 is 28.3 Å². The predicted molar refractivity (Wildman–Crippen MR) is 100 cm³/mol. The van der Waals surface area contributed by atoms with E-state index < -0.39 is 41.9 Å². The van der Waals surface area contributed by atoms with Crippen LogP contribution in [0.1, 0.15) is 32.7 Å². The van der Waals surface area contributed by atoms with Crippen LogP contribution in [-0.4, -0.2) is 41.7 Å². The van der Waals surface area contributed by atoms with Crippen molar-refractivity contribution in [3.05, 3.63) is 71.0 Å². The Kier molecular flexibility index (Phi) is 6.01. The number of ketones is 1. The molecule has 0 unspecified atom stereocenters. The van der Waals surface area contributed by atoms with Gasteiger partial charge >= 0.3 is 5.97 Å². The van der Waals surface area contributed by atoms with Gasteiger partial charge in [0.2, 0.25) is 5.91 Å². The highest BCUT2D eigenvalue weighted by Crippen LogP contribution is 2.18. The third-order valence-electron chi connectivity index (χ3n) is 4.60. The third kappa shape index (κ3) is 4.84. The highest BCUT2D eigenvalue weighted by Gasteiger charge is 2.36. The van der Waals surface area contributed by atoms with E-state index in [-0.39, 0.29) is 18.5 Å². The Morgan fingerprint density at radius 3 is 2.52 bits per heavy atom. The Morgan fingerprint density at radius 2 is 1.83 bits per heavy atom. The molecular formula is C21H19FN2O5. The third-order valence-corrected chi connectivity index (χ3v) is 4.60. The zero-order chi connectivity index (χ0) is 21.0. The van der Waals surface area contributed by atoms with E-state index in [1.165, 1.54) is 12.1 Å². The lowest BCUT2D eigenvalue weighted by Gasteiger charge is -2.18. The quantitative estimate of drug-likeness (QED) is 0.594. The molecule has 2 aromatic rings. The van der Waals surface area contributed by atoms with Crippen LogP contribution < -0.4 is 5.43 Å². The summed E-state index contributed by atoms with van der Waals surface area (Å²) >= 11 is 0. The number of hydrogen-bond acceptors (Lipinski definition) is 5. The topological polar surface area (TPSA) is 92.8 Å². The number of rotatable bonds is 6. The first kappa shape index (κ1) is 20.2. The van der Waals surface area contributed by atoms with Crippen molar-refractivity contribution in [2.45, 2.75) is 13.3 Å². The molecule has 1 N–H and O–H groups in total. The van der Waals surface area contributed by atoms with Gasteiger partial charge in [0.05, 0.1) is 12.5 Å². The number of hydrazine groups is 1. The fraction of sp³-hybridized carbons (Fsp3) is 0.238. The molecule has 3 rings (SSSR count). The molecule has 0 aliphatic carbocycles. The summed E-state index contributed by atoms with van der Waals surface area (Å²) < 4.78 is 17.9. The molecular weight excluding hydrogens is 379 g/mol. The van der Waals surface area contributed by atoms with Crippen molar-refractivity contribution in [2.24, 2.45) is 5.92 Å². The molecule has 150 valence electrons. The minimum absolute atomic E-state index is 0.0416. The van der Waals surface area contributed by atoms with Gasteiger partial charge in [-0.15, -0.1) is 0 Å². The number of halogens is 1. The molecule has 1 heterocycles. The highest BCUT2D eigenvalue weighted by atomic mass is 19.1. The van der Waals surface area contributed by atoms with Crippen LogP contribution in [0.3, 0.4) is 0 Å². The number of amides is 2. The lowest BCUT2D eigenvalue weighted by molar-refractivity contribution is -0.147. The van der Waals surface area contributed by atoms with Crippen LogP contribution in [0.4, 0.5) is 4.39 Å². The van der Waals surface area contributed by atoms with Crippen molar-refractivity contribution in [3.63, 3.8) is 0 Å². The first-order valence-corrected chi connectivity index (χ1v) is 8.97. The summed E-state index contributed by atoms with van der Waals surface area (Å²) in [6.07, 6.45) is -0.127. The Hall–Kier alpha value is -3.55. The molecule has 0 aromatic heterocycles. The number of benzene rings is 2. The molecule has 0 bridgehead atoms. The minimum atomic E-state index is -0.791. The number of nitrogens with one attached hydrogen (secondary N) is 1. The minimum Gasteiger partial charge on any atom is -0.457 e. The zero-order valence-electron chi connectivity index (χ0n) is 15.7. The van der Waals surface area contributed by atoms with Gasteiger partial charge < -0.3 is 4.74 Å². The molecule has 0 saturated carbocycles. The van der Waals surface area contributed by atoms with E-state index in [2.05, 4.69) is 5.43 Å². The lowest BCUT2D eigenvalue weighted by Crippen LogP contribution is -2.43. The number of carbonyl (C=O) groups is 4. The van der Waals surface area contributed by atoms with Crippen molar-refractivity contribution in [3.8, 4) is 0 Å². The molecule has 2 amide bonds. The Labute approximate surface area is 166 Å². The summed E-state index contributed by atoms with van der Waals surface area (Å²) in [7, 11) is 0. The molecule has 1 saturated heterocycles. The summed E-state index contributed by atoms with van der Waals surface area (Å²) in [5.74, 6) is -3.32. The summed E-state index contributed by atoms with van der Waals surface area (Å²) in [6.45, 7) is 1.23. The molecule has 1 atom stereocenters. The second-order valence-electron chi connectivity index (χ2n) is 6.70. The van der Waals surface area contributed by atoms with E-state index in [0.29, 0.717) is 5.56 Å². The molecule has 29 heavy (non-hydrogen) atoms. The van der Waals surface area contributed by atoms with Crippen LogP contribution in [0.5, 0.6) is 0 Å². The second-order valence-corrected chi connectivity index (χ2v) is 6.70. The number of ether oxygens (including phenoxy) is 1. The first-order valence-electron chi connectivity index (χ1n) is 8.97. The maximum Gasteiger partial charge on any atom is 0.311 e. The van der Waals surface area contributed by atoms with E-state index in [0.717, 1.165) is 22.7 Å². The fourth-order valence-corrected chi connectivity index (χ4v) is 2.96. The Bertz CT molecular complexity index is 958. The molecule has 0 spiro atoms. The van der Waals surface area contributed by atoms with Crippen LogP contribution in [-0.2, 0) is 14.3 Å². The SMILES string of the molecule is Cc1ccccc1C(=O)NN1C[C@H](C(=O)OCC(=O)c2ccc(F)cc2)CC1=O.